The van der Waals surface area contributed by atoms with Crippen molar-refractivity contribution in [3.05, 3.63) is 35.9 Å². The van der Waals surface area contributed by atoms with E-state index in [1.54, 1.807) is 0 Å². The molecule has 1 spiro atoms. The minimum Gasteiger partial charge on any atom is -0.352 e. The van der Waals surface area contributed by atoms with Crippen LogP contribution in [0.4, 0.5) is 0 Å². The van der Waals surface area contributed by atoms with Crippen LogP contribution in [0.2, 0.25) is 0 Å². The van der Waals surface area contributed by atoms with E-state index in [1.807, 2.05) is 0 Å². The van der Waals surface area contributed by atoms with Gasteiger partial charge in [0.05, 0.1) is 0 Å². The van der Waals surface area contributed by atoms with Crippen molar-refractivity contribution in [1.82, 2.24) is 5.32 Å². The van der Waals surface area contributed by atoms with Crippen molar-refractivity contribution in [3.8, 4) is 0 Å². The van der Waals surface area contributed by atoms with Gasteiger partial charge < -0.3 is 5.32 Å². The highest BCUT2D eigenvalue weighted by Crippen LogP contribution is 2.54. The Hall–Kier alpha value is -1.31. The Morgan fingerprint density at radius 2 is 1.90 bits per heavy atom. The number of hydrogen-bond donors (Lipinski definition) is 1. The van der Waals surface area contributed by atoms with E-state index in [-0.39, 0.29) is 11.3 Å². The fourth-order valence-corrected chi connectivity index (χ4v) is 5.17. The van der Waals surface area contributed by atoms with Crippen LogP contribution in [0.25, 0.3) is 0 Å². The van der Waals surface area contributed by atoms with Crippen LogP contribution in [-0.2, 0) is 11.2 Å². The predicted octanol–water partition coefficient (Wildman–Crippen LogP) is 3.95. The highest BCUT2D eigenvalue weighted by Gasteiger charge is 2.52. The van der Waals surface area contributed by atoms with Gasteiger partial charge in [-0.25, -0.2) is 0 Å². The molecule has 0 aromatic heterocycles. The van der Waals surface area contributed by atoms with E-state index >= 15 is 0 Å². The van der Waals surface area contributed by atoms with Crippen molar-refractivity contribution in [3.63, 3.8) is 0 Å². The van der Waals surface area contributed by atoms with Crippen molar-refractivity contribution in [2.45, 2.75) is 58.9 Å². The summed E-state index contributed by atoms with van der Waals surface area (Å²) >= 11 is 0. The van der Waals surface area contributed by atoms with Crippen LogP contribution in [0, 0.1) is 16.7 Å². The lowest BCUT2D eigenvalue weighted by Gasteiger charge is -2.48. The van der Waals surface area contributed by atoms with Gasteiger partial charge in [0.25, 0.3) is 0 Å². The minimum absolute atomic E-state index is 0.161. The van der Waals surface area contributed by atoms with Gasteiger partial charge in [-0.15, -0.1) is 0 Å². The number of hydrogen-bond acceptors (Lipinski definition) is 1. The van der Waals surface area contributed by atoms with Crippen molar-refractivity contribution in [2.24, 2.45) is 16.7 Å². The summed E-state index contributed by atoms with van der Waals surface area (Å²) in [7, 11) is 0. The number of carbonyl (C=O) groups is 1. The summed E-state index contributed by atoms with van der Waals surface area (Å²) in [4.78, 5) is 12.1. The quantitative estimate of drug-likeness (QED) is 0.876. The average molecular weight is 285 g/mol. The second-order valence-electron chi connectivity index (χ2n) is 8.20. The van der Waals surface area contributed by atoms with Crippen LogP contribution in [0.5, 0.6) is 0 Å². The second-order valence-corrected chi connectivity index (χ2v) is 8.20. The molecule has 21 heavy (non-hydrogen) atoms. The first-order valence-corrected chi connectivity index (χ1v) is 8.22. The van der Waals surface area contributed by atoms with Gasteiger partial charge in [0.15, 0.2) is 0 Å². The van der Waals surface area contributed by atoms with E-state index in [4.69, 9.17) is 0 Å². The van der Waals surface area contributed by atoms with Crippen LogP contribution in [0.15, 0.2) is 30.3 Å². The smallest absolute Gasteiger partial charge is 0.220 e. The fraction of sp³-hybridized carbons (Fsp3) is 0.632. The maximum atomic E-state index is 12.1. The van der Waals surface area contributed by atoms with Gasteiger partial charge in [-0.1, -0.05) is 51.1 Å². The van der Waals surface area contributed by atoms with Gasteiger partial charge in [-0.3, -0.25) is 4.79 Å². The van der Waals surface area contributed by atoms with Crippen LogP contribution >= 0.6 is 0 Å². The molecule has 1 saturated carbocycles. The number of nitrogens with one attached hydrogen (secondary N) is 1. The molecule has 1 aliphatic carbocycles. The van der Waals surface area contributed by atoms with E-state index in [0.29, 0.717) is 17.4 Å². The molecule has 0 radical (unpaired) electrons. The lowest BCUT2D eigenvalue weighted by molar-refractivity contribution is -0.120. The number of amides is 1. The number of carbonyl (C=O) groups excluding carboxylic acids is 1. The zero-order chi connectivity index (χ0) is 15.1. The topological polar surface area (TPSA) is 29.1 Å². The third-order valence-electron chi connectivity index (χ3n) is 5.36. The van der Waals surface area contributed by atoms with Gasteiger partial charge in [0, 0.05) is 17.9 Å². The molecule has 3 unspecified atom stereocenters. The monoisotopic (exact) mass is 285 g/mol. The largest absolute Gasteiger partial charge is 0.352 e. The summed E-state index contributed by atoms with van der Waals surface area (Å²) in [6.07, 6.45) is 5.32. The summed E-state index contributed by atoms with van der Waals surface area (Å²) in [6.45, 7) is 7.09. The Morgan fingerprint density at radius 1 is 1.19 bits per heavy atom. The van der Waals surface area contributed by atoms with Crippen LogP contribution in [-0.4, -0.2) is 11.9 Å². The second kappa shape index (κ2) is 5.15. The Morgan fingerprint density at radius 3 is 2.57 bits per heavy atom. The molecule has 1 N–H and O–H groups in total. The molecule has 114 valence electrons. The zero-order valence-electron chi connectivity index (χ0n) is 13.5. The molecular weight excluding hydrogens is 258 g/mol. The molecule has 2 fully saturated rings. The lowest BCUT2D eigenvalue weighted by Crippen LogP contribution is -2.46. The third-order valence-corrected chi connectivity index (χ3v) is 5.36. The fourth-order valence-electron chi connectivity index (χ4n) is 5.17. The zero-order valence-corrected chi connectivity index (χ0v) is 13.5. The van der Waals surface area contributed by atoms with Gasteiger partial charge in [0.1, 0.15) is 0 Å². The molecule has 2 aliphatic rings. The third kappa shape index (κ3) is 3.00. The SMILES string of the molecule is CC1CC(C)(C)CC2(CC(=O)NC2Cc2ccccc2)C1. The Kier molecular flexibility index (Phi) is 3.59. The van der Waals surface area contributed by atoms with Crippen molar-refractivity contribution in [2.75, 3.05) is 0 Å². The Labute approximate surface area is 128 Å². The first-order valence-electron chi connectivity index (χ1n) is 8.22. The Bertz CT molecular complexity index is 522. The van der Waals surface area contributed by atoms with Crippen LogP contribution in [0.1, 0.15) is 52.0 Å². The standard InChI is InChI=1S/C19H27NO/c1-14-10-18(2,3)13-19(11-14)12-17(21)20-16(19)9-15-7-5-4-6-8-15/h4-8,14,16H,9-13H2,1-3H3,(H,20,21). The summed E-state index contributed by atoms with van der Waals surface area (Å²) in [5, 5.41) is 3.28. The summed E-state index contributed by atoms with van der Waals surface area (Å²) in [5.74, 6) is 0.959. The van der Waals surface area contributed by atoms with Crippen molar-refractivity contribution < 1.29 is 4.79 Å². The van der Waals surface area contributed by atoms with Crippen LogP contribution < -0.4 is 5.32 Å². The summed E-state index contributed by atoms with van der Waals surface area (Å²) in [6, 6.07) is 10.9. The molecule has 1 aromatic rings. The number of rotatable bonds is 2. The normalized spacial score (nSPS) is 34.9. The number of benzene rings is 1. The van der Waals surface area contributed by atoms with Gasteiger partial charge in [0.2, 0.25) is 5.91 Å². The maximum Gasteiger partial charge on any atom is 0.220 e. The maximum absolute atomic E-state index is 12.1. The molecule has 2 nitrogen and oxygen atoms in total. The molecule has 3 rings (SSSR count). The molecule has 1 saturated heterocycles. The van der Waals surface area contributed by atoms with Gasteiger partial charge in [-0.2, -0.15) is 0 Å². The van der Waals surface area contributed by atoms with E-state index in [9.17, 15) is 4.79 Å². The lowest BCUT2D eigenvalue weighted by atomic mass is 9.57. The predicted molar refractivity (Wildman–Crippen MR) is 85.9 cm³/mol. The first kappa shape index (κ1) is 14.6. The molecule has 3 atom stereocenters. The molecular formula is C19H27NO. The van der Waals surface area contributed by atoms with E-state index in [0.717, 1.165) is 12.8 Å². The van der Waals surface area contributed by atoms with Crippen LogP contribution in [0.3, 0.4) is 0 Å². The molecule has 1 aliphatic heterocycles. The highest BCUT2D eigenvalue weighted by molar-refractivity contribution is 5.80. The van der Waals surface area contributed by atoms with E-state index < -0.39 is 0 Å². The Balaban J connectivity index is 1.86. The van der Waals surface area contributed by atoms with Crippen molar-refractivity contribution >= 4 is 5.91 Å². The summed E-state index contributed by atoms with van der Waals surface area (Å²) in [5.41, 5.74) is 1.84. The molecule has 1 amide bonds. The summed E-state index contributed by atoms with van der Waals surface area (Å²) < 4.78 is 0. The highest BCUT2D eigenvalue weighted by atomic mass is 16.2. The van der Waals surface area contributed by atoms with Gasteiger partial charge in [-0.05, 0) is 42.6 Å². The van der Waals surface area contributed by atoms with Crippen molar-refractivity contribution in [1.29, 1.82) is 0 Å². The average Bonchev–Trinajstić information content (AvgIpc) is 2.63. The first-order chi connectivity index (χ1) is 9.89. The molecule has 0 bridgehead atoms. The van der Waals surface area contributed by atoms with E-state index in [1.165, 1.54) is 24.8 Å². The minimum atomic E-state index is 0.161. The van der Waals surface area contributed by atoms with Gasteiger partial charge >= 0.3 is 0 Å². The van der Waals surface area contributed by atoms with E-state index in [2.05, 4.69) is 56.4 Å². The molecule has 1 heterocycles. The molecule has 2 heteroatoms. The molecule has 1 aromatic carbocycles.